The molecule has 0 radical (unpaired) electrons. The third-order valence-electron chi connectivity index (χ3n) is 2.53. The van der Waals surface area contributed by atoms with Crippen LogP contribution in [0.5, 0.6) is 0 Å². The van der Waals surface area contributed by atoms with Crippen LogP contribution in [0.25, 0.3) is 0 Å². The summed E-state index contributed by atoms with van der Waals surface area (Å²) in [6, 6.07) is 0.881. The Morgan fingerprint density at radius 1 is 0.591 bits per heavy atom. The summed E-state index contributed by atoms with van der Waals surface area (Å²) in [4.78, 5) is 0. The quantitative estimate of drug-likeness (QED) is 0.417. The highest BCUT2D eigenvalue weighted by Crippen LogP contribution is 2.30. The first kappa shape index (κ1) is 22.7. The van der Waals surface area contributed by atoms with Gasteiger partial charge in [0, 0.05) is 12.7 Å². The Balaban J connectivity index is 5.30. The van der Waals surface area contributed by atoms with E-state index < -0.39 is 33.8 Å². The SMILES string of the molecule is C[Si](C)(C)O[Si](CCCCCO)(O[Si](C)(C)C)O[Si](C)(C)C. The summed E-state index contributed by atoms with van der Waals surface area (Å²) in [5.41, 5.74) is 0. The maximum atomic E-state index is 8.99. The Morgan fingerprint density at radius 3 is 1.23 bits per heavy atom. The van der Waals surface area contributed by atoms with Gasteiger partial charge in [0.15, 0.2) is 25.0 Å². The maximum Gasteiger partial charge on any atom is 0.469 e. The number of unbranched alkanes of at least 4 members (excludes halogenated alkanes) is 2. The van der Waals surface area contributed by atoms with Crippen molar-refractivity contribution in [3.63, 3.8) is 0 Å². The molecule has 0 aliphatic carbocycles. The van der Waals surface area contributed by atoms with Crippen molar-refractivity contribution in [1.29, 1.82) is 0 Å². The minimum Gasteiger partial charge on any atom is -0.417 e. The minimum absolute atomic E-state index is 0.257. The molecular formula is C14H38O4Si4. The molecule has 0 heterocycles. The van der Waals surface area contributed by atoms with Crippen LogP contribution >= 0.6 is 0 Å². The van der Waals surface area contributed by atoms with E-state index in [4.69, 9.17) is 17.5 Å². The predicted octanol–water partition coefficient (Wildman–Crippen LogP) is 4.64. The Hall–Kier alpha value is 0.708. The minimum atomic E-state index is -2.65. The lowest BCUT2D eigenvalue weighted by molar-refractivity contribution is 0.246. The van der Waals surface area contributed by atoms with Crippen LogP contribution in [0.15, 0.2) is 0 Å². The van der Waals surface area contributed by atoms with E-state index in [1.165, 1.54) is 0 Å². The Bertz CT molecular complexity index is 277. The smallest absolute Gasteiger partial charge is 0.417 e. The molecule has 134 valence electrons. The molecule has 0 aromatic rings. The van der Waals surface area contributed by atoms with Gasteiger partial charge in [0.2, 0.25) is 0 Å². The molecule has 0 spiro atoms. The third-order valence-corrected chi connectivity index (χ3v) is 14.6. The Morgan fingerprint density at radius 2 is 0.955 bits per heavy atom. The van der Waals surface area contributed by atoms with Gasteiger partial charge < -0.3 is 17.5 Å². The molecule has 0 fully saturated rings. The van der Waals surface area contributed by atoms with E-state index >= 15 is 0 Å². The van der Waals surface area contributed by atoms with Crippen molar-refractivity contribution in [3.8, 4) is 0 Å². The first-order chi connectivity index (χ1) is 9.68. The summed E-state index contributed by atoms with van der Waals surface area (Å²) in [5, 5.41) is 8.99. The lowest BCUT2D eigenvalue weighted by Gasteiger charge is -2.43. The molecule has 0 saturated carbocycles. The fourth-order valence-electron chi connectivity index (χ4n) is 2.25. The zero-order valence-corrected chi connectivity index (χ0v) is 20.2. The topological polar surface area (TPSA) is 47.9 Å². The number of rotatable bonds is 11. The highest BCUT2D eigenvalue weighted by atomic mass is 28.5. The van der Waals surface area contributed by atoms with Gasteiger partial charge in [-0.2, -0.15) is 0 Å². The zero-order chi connectivity index (χ0) is 17.7. The molecule has 0 amide bonds. The summed E-state index contributed by atoms with van der Waals surface area (Å²) in [5.74, 6) is 0. The van der Waals surface area contributed by atoms with Gasteiger partial charge in [-0.15, -0.1) is 0 Å². The molecule has 0 aliphatic heterocycles. The maximum absolute atomic E-state index is 8.99. The van der Waals surface area contributed by atoms with Crippen molar-refractivity contribution < 1.29 is 17.5 Å². The third kappa shape index (κ3) is 12.2. The second kappa shape index (κ2) is 8.70. The fourth-order valence-corrected chi connectivity index (χ4v) is 17.0. The molecule has 0 saturated heterocycles. The zero-order valence-electron chi connectivity index (χ0n) is 16.2. The first-order valence-corrected chi connectivity index (χ1v) is 20.6. The molecule has 0 bridgehead atoms. The molecule has 0 atom stereocenters. The van der Waals surface area contributed by atoms with E-state index in [0.717, 1.165) is 25.3 Å². The van der Waals surface area contributed by atoms with Crippen LogP contribution in [0.4, 0.5) is 0 Å². The molecule has 0 aromatic carbocycles. The van der Waals surface area contributed by atoms with E-state index in [1.54, 1.807) is 0 Å². The van der Waals surface area contributed by atoms with Crippen molar-refractivity contribution in [2.75, 3.05) is 6.61 Å². The highest BCUT2D eigenvalue weighted by molar-refractivity contribution is 6.90. The summed E-state index contributed by atoms with van der Waals surface area (Å²) in [7, 11) is -7.91. The van der Waals surface area contributed by atoms with Crippen LogP contribution in [0.2, 0.25) is 65.0 Å². The van der Waals surface area contributed by atoms with Gasteiger partial charge >= 0.3 is 8.80 Å². The van der Waals surface area contributed by atoms with Crippen LogP contribution in [-0.4, -0.2) is 45.5 Å². The second-order valence-electron chi connectivity index (χ2n) is 8.86. The van der Waals surface area contributed by atoms with Crippen molar-refractivity contribution >= 4 is 33.8 Å². The van der Waals surface area contributed by atoms with E-state index in [-0.39, 0.29) is 6.61 Å². The van der Waals surface area contributed by atoms with Gasteiger partial charge in [0.1, 0.15) is 0 Å². The summed E-state index contributed by atoms with van der Waals surface area (Å²) < 4.78 is 19.8. The molecule has 22 heavy (non-hydrogen) atoms. The lowest BCUT2D eigenvalue weighted by Crippen LogP contribution is -2.60. The highest BCUT2D eigenvalue weighted by Gasteiger charge is 2.49. The number of aliphatic hydroxyl groups excluding tert-OH is 1. The van der Waals surface area contributed by atoms with Gasteiger partial charge in [-0.05, 0) is 71.8 Å². The number of hydrogen-bond donors (Lipinski definition) is 1. The van der Waals surface area contributed by atoms with Crippen LogP contribution in [0, 0.1) is 0 Å². The van der Waals surface area contributed by atoms with Crippen molar-refractivity contribution in [1.82, 2.24) is 0 Å². The van der Waals surface area contributed by atoms with E-state index in [1.807, 2.05) is 0 Å². The Kier molecular flexibility index (Phi) is 8.98. The molecule has 0 aromatic heterocycles. The molecule has 0 unspecified atom stereocenters. The van der Waals surface area contributed by atoms with E-state index in [0.29, 0.717) is 0 Å². The monoisotopic (exact) mass is 382 g/mol. The first-order valence-electron chi connectivity index (χ1n) is 8.39. The average molecular weight is 383 g/mol. The van der Waals surface area contributed by atoms with Gasteiger partial charge in [-0.25, -0.2) is 0 Å². The van der Waals surface area contributed by atoms with Gasteiger partial charge in [0.25, 0.3) is 0 Å². The van der Waals surface area contributed by atoms with Crippen molar-refractivity contribution in [2.24, 2.45) is 0 Å². The fraction of sp³-hybridized carbons (Fsp3) is 1.00. The summed E-state index contributed by atoms with van der Waals surface area (Å²) >= 11 is 0. The van der Waals surface area contributed by atoms with Gasteiger partial charge in [0.05, 0.1) is 0 Å². The average Bonchev–Trinajstić information content (AvgIpc) is 2.16. The van der Waals surface area contributed by atoms with Crippen molar-refractivity contribution in [3.05, 3.63) is 0 Å². The molecule has 0 aliphatic rings. The Labute approximate surface area is 142 Å². The summed E-state index contributed by atoms with van der Waals surface area (Å²) in [6.45, 7) is 20.2. The molecule has 1 N–H and O–H groups in total. The standard InChI is InChI=1S/C14H38O4Si4/c1-19(2,3)16-22(17-20(4,5)6,18-21(7,8)9)14-12-10-11-13-15/h15H,10-14H2,1-9H3. The second-order valence-corrected chi connectivity index (χ2v) is 25.9. The van der Waals surface area contributed by atoms with Crippen molar-refractivity contribution in [2.45, 2.75) is 84.2 Å². The van der Waals surface area contributed by atoms with Gasteiger partial charge in [-0.1, -0.05) is 6.42 Å². The van der Waals surface area contributed by atoms with Gasteiger partial charge in [-0.3, -0.25) is 0 Å². The largest absolute Gasteiger partial charge is 0.469 e. The molecule has 8 heteroatoms. The van der Waals surface area contributed by atoms with E-state index in [2.05, 4.69) is 58.9 Å². The normalized spacial score (nSPS) is 14.5. The molecular weight excluding hydrogens is 344 g/mol. The lowest BCUT2D eigenvalue weighted by atomic mass is 10.3. The number of hydrogen-bond acceptors (Lipinski definition) is 4. The van der Waals surface area contributed by atoms with Crippen LogP contribution in [-0.2, 0) is 12.3 Å². The van der Waals surface area contributed by atoms with E-state index in [9.17, 15) is 0 Å². The van der Waals surface area contributed by atoms with Crippen LogP contribution in [0.1, 0.15) is 19.3 Å². The van der Waals surface area contributed by atoms with Crippen LogP contribution in [0.3, 0.4) is 0 Å². The molecule has 0 rings (SSSR count). The summed E-state index contributed by atoms with van der Waals surface area (Å²) in [6.07, 6.45) is 2.86. The number of aliphatic hydroxyl groups is 1. The molecule has 4 nitrogen and oxygen atoms in total. The predicted molar refractivity (Wildman–Crippen MR) is 105 cm³/mol. The van der Waals surface area contributed by atoms with Crippen LogP contribution < -0.4 is 0 Å².